The largest absolute Gasteiger partial charge is 0.444 e. The number of carbonyl (C=O) groups excluding carboxylic acids is 1. The molecule has 0 radical (unpaired) electrons. The van der Waals surface area contributed by atoms with E-state index in [1.54, 1.807) is 0 Å². The van der Waals surface area contributed by atoms with Crippen molar-refractivity contribution in [2.45, 2.75) is 53.1 Å². The van der Waals surface area contributed by atoms with Crippen molar-refractivity contribution in [2.24, 2.45) is 17.1 Å². The molecule has 0 atom stereocenters. The number of piperidine rings is 1. The number of nitrogens with zero attached hydrogens (tertiary/aromatic N) is 1. The minimum absolute atomic E-state index is 0.167. The van der Waals surface area contributed by atoms with Crippen LogP contribution < -0.4 is 5.73 Å². The van der Waals surface area contributed by atoms with Crippen LogP contribution in [0.15, 0.2) is 0 Å². The van der Waals surface area contributed by atoms with E-state index < -0.39 is 5.60 Å². The van der Waals surface area contributed by atoms with Crippen LogP contribution in [0, 0.1) is 11.3 Å². The Morgan fingerprint density at radius 2 is 1.72 bits per heavy atom. The molecule has 1 heterocycles. The van der Waals surface area contributed by atoms with Gasteiger partial charge in [-0.3, -0.25) is 0 Å². The first-order valence-corrected chi connectivity index (χ1v) is 6.84. The second-order valence-electron chi connectivity index (χ2n) is 6.93. The summed E-state index contributed by atoms with van der Waals surface area (Å²) in [6, 6.07) is 0. The molecule has 1 saturated heterocycles. The number of carbonyl (C=O) groups is 1. The molecule has 0 unspecified atom stereocenters. The van der Waals surface area contributed by atoms with Gasteiger partial charge in [0.25, 0.3) is 0 Å². The first-order chi connectivity index (χ1) is 8.15. The molecule has 1 amide bonds. The van der Waals surface area contributed by atoms with Crippen LogP contribution in [0.5, 0.6) is 0 Å². The van der Waals surface area contributed by atoms with E-state index in [-0.39, 0.29) is 11.5 Å². The van der Waals surface area contributed by atoms with E-state index in [1.807, 2.05) is 25.7 Å². The van der Waals surface area contributed by atoms with Gasteiger partial charge in [-0.2, -0.15) is 0 Å². The molecule has 0 aromatic carbocycles. The average molecular weight is 256 g/mol. The van der Waals surface area contributed by atoms with Gasteiger partial charge in [0, 0.05) is 13.1 Å². The fourth-order valence-corrected chi connectivity index (χ4v) is 2.34. The number of nitrogens with two attached hydrogens (primary N) is 1. The lowest BCUT2D eigenvalue weighted by Gasteiger charge is -2.40. The van der Waals surface area contributed by atoms with Crippen molar-refractivity contribution in [1.29, 1.82) is 0 Å². The molecule has 0 bridgehead atoms. The Labute approximate surface area is 111 Å². The molecule has 0 aromatic rings. The SMILES string of the molecule is CC(C)(C)OC(=O)N1CCC(C(C)(C)CN)CC1. The first kappa shape index (κ1) is 15.3. The zero-order valence-electron chi connectivity index (χ0n) is 12.5. The molecule has 1 aliphatic rings. The van der Waals surface area contributed by atoms with E-state index in [2.05, 4.69) is 13.8 Å². The predicted octanol–water partition coefficient (Wildman–Crippen LogP) is 2.62. The normalized spacial score (nSPS) is 18.9. The molecule has 18 heavy (non-hydrogen) atoms. The minimum Gasteiger partial charge on any atom is -0.444 e. The molecule has 0 spiro atoms. The Hall–Kier alpha value is -0.770. The molecule has 0 aliphatic carbocycles. The first-order valence-electron chi connectivity index (χ1n) is 6.84. The maximum absolute atomic E-state index is 11.9. The van der Waals surface area contributed by atoms with Gasteiger partial charge in [-0.1, -0.05) is 13.8 Å². The molecular formula is C14H28N2O2. The van der Waals surface area contributed by atoms with Crippen molar-refractivity contribution < 1.29 is 9.53 Å². The highest BCUT2D eigenvalue weighted by atomic mass is 16.6. The molecule has 0 saturated carbocycles. The van der Waals surface area contributed by atoms with Gasteiger partial charge in [0.1, 0.15) is 5.60 Å². The molecule has 1 aliphatic heterocycles. The Balaban J connectivity index is 2.47. The van der Waals surface area contributed by atoms with E-state index in [1.165, 1.54) is 0 Å². The van der Waals surface area contributed by atoms with Gasteiger partial charge in [0.2, 0.25) is 0 Å². The zero-order chi connectivity index (χ0) is 14.0. The van der Waals surface area contributed by atoms with Crippen molar-refractivity contribution in [2.75, 3.05) is 19.6 Å². The third-order valence-corrected chi connectivity index (χ3v) is 3.78. The Kier molecular flexibility index (Phi) is 4.65. The summed E-state index contributed by atoms with van der Waals surface area (Å²) < 4.78 is 5.39. The van der Waals surface area contributed by atoms with Gasteiger partial charge in [0.05, 0.1) is 0 Å². The monoisotopic (exact) mass is 256 g/mol. The zero-order valence-corrected chi connectivity index (χ0v) is 12.5. The number of hydrogen-bond acceptors (Lipinski definition) is 3. The van der Waals surface area contributed by atoms with Crippen LogP contribution in [0.4, 0.5) is 4.79 Å². The fraction of sp³-hybridized carbons (Fsp3) is 0.929. The van der Waals surface area contributed by atoms with Crippen LogP contribution in [-0.2, 0) is 4.74 Å². The van der Waals surface area contributed by atoms with Gasteiger partial charge in [-0.25, -0.2) is 4.79 Å². The van der Waals surface area contributed by atoms with Crippen LogP contribution in [-0.4, -0.2) is 36.2 Å². The topological polar surface area (TPSA) is 55.6 Å². The lowest BCUT2D eigenvalue weighted by molar-refractivity contribution is 0.0123. The third-order valence-electron chi connectivity index (χ3n) is 3.78. The van der Waals surface area contributed by atoms with Gasteiger partial charge in [-0.05, 0) is 51.5 Å². The third kappa shape index (κ3) is 4.16. The van der Waals surface area contributed by atoms with E-state index in [4.69, 9.17) is 10.5 Å². The van der Waals surface area contributed by atoms with Crippen LogP contribution in [0.3, 0.4) is 0 Å². The molecule has 2 N–H and O–H groups in total. The van der Waals surface area contributed by atoms with Gasteiger partial charge in [0.15, 0.2) is 0 Å². The predicted molar refractivity (Wildman–Crippen MR) is 73.4 cm³/mol. The Morgan fingerprint density at radius 3 is 2.11 bits per heavy atom. The second-order valence-corrected chi connectivity index (χ2v) is 6.93. The Bertz CT molecular complexity index is 287. The number of likely N-dealkylation sites (tertiary alicyclic amines) is 1. The smallest absolute Gasteiger partial charge is 0.410 e. The highest BCUT2D eigenvalue weighted by Gasteiger charge is 2.33. The lowest BCUT2D eigenvalue weighted by atomic mass is 9.74. The van der Waals surface area contributed by atoms with Crippen LogP contribution in [0.25, 0.3) is 0 Å². The van der Waals surface area contributed by atoms with Crippen molar-refractivity contribution in [3.8, 4) is 0 Å². The van der Waals surface area contributed by atoms with Crippen molar-refractivity contribution in [3.05, 3.63) is 0 Å². The summed E-state index contributed by atoms with van der Waals surface area (Å²) in [6.45, 7) is 12.4. The number of amides is 1. The fourth-order valence-electron chi connectivity index (χ4n) is 2.34. The summed E-state index contributed by atoms with van der Waals surface area (Å²) in [6.07, 6.45) is 1.85. The summed E-state index contributed by atoms with van der Waals surface area (Å²) >= 11 is 0. The summed E-state index contributed by atoms with van der Waals surface area (Å²) in [7, 11) is 0. The van der Waals surface area contributed by atoms with Crippen LogP contribution in [0.1, 0.15) is 47.5 Å². The Morgan fingerprint density at radius 1 is 1.22 bits per heavy atom. The number of ether oxygens (including phenoxy) is 1. The van der Waals surface area contributed by atoms with Crippen molar-refractivity contribution >= 4 is 6.09 Å². The highest BCUT2D eigenvalue weighted by Crippen LogP contribution is 2.34. The molecular weight excluding hydrogens is 228 g/mol. The van der Waals surface area contributed by atoms with Crippen molar-refractivity contribution in [3.63, 3.8) is 0 Å². The van der Waals surface area contributed by atoms with Crippen LogP contribution >= 0.6 is 0 Å². The highest BCUT2D eigenvalue weighted by molar-refractivity contribution is 5.68. The van der Waals surface area contributed by atoms with E-state index >= 15 is 0 Å². The van der Waals surface area contributed by atoms with Gasteiger partial charge < -0.3 is 15.4 Å². The summed E-state index contributed by atoms with van der Waals surface area (Å²) in [4.78, 5) is 13.7. The maximum atomic E-state index is 11.9. The van der Waals surface area contributed by atoms with E-state index in [9.17, 15) is 4.79 Å². The second kappa shape index (κ2) is 5.47. The molecule has 4 nitrogen and oxygen atoms in total. The minimum atomic E-state index is -0.412. The standard InChI is InChI=1S/C14H28N2O2/c1-13(2,3)18-12(17)16-8-6-11(7-9-16)14(4,5)10-15/h11H,6-10,15H2,1-5H3. The maximum Gasteiger partial charge on any atom is 0.410 e. The molecule has 0 aromatic heterocycles. The van der Waals surface area contributed by atoms with E-state index in [0.717, 1.165) is 25.9 Å². The molecule has 106 valence electrons. The summed E-state index contributed by atoms with van der Waals surface area (Å²) in [5.41, 5.74) is 5.56. The number of rotatable bonds is 2. The average Bonchev–Trinajstić information content (AvgIpc) is 2.27. The molecule has 4 heteroatoms. The summed E-state index contributed by atoms with van der Waals surface area (Å²) in [5.74, 6) is 0.598. The van der Waals surface area contributed by atoms with Crippen LogP contribution in [0.2, 0.25) is 0 Å². The van der Waals surface area contributed by atoms with Crippen molar-refractivity contribution in [1.82, 2.24) is 4.90 Å². The van der Waals surface area contributed by atoms with Gasteiger partial charge >= 0.3 is 6.09 Å². The lowest BCUT2D eigenvalue weighted by Crippen LogP contribution is -2.45. The number of hydrogen-bond donors (Lipinski definition) is 1. The molecule has 1 fully saturated rings. The van der Waals surface area contributed by atoms with Gasteiger partial charge in [-0.15, -0.1) is 0 Å². The molecule has 1 rings (SSSR count). The quantitative estimate of drug-likeness (QED) is 0.826. The summed E-state index contributed by atoms with van der Waals surface area (Å²) in [5, 5.41) is 0. The van der Waals surface area contributed by atoms with E-state index in [0.29, 0.717) is 12.5 Å².